The Morgan fingerprint density at radius 3 is 2.62 bits per heavy atom. The number of hydrogen-bond acceptors (Lipinski definition) is 3. The van der Waals surface area contributed by atoms with Gasteiger partial charge in [-0.2, -0.15) is 0 Å². The molecule has 0 amide bonds. The van der Waals surface area contributed by atoms with E-state index in [0.717, 1.165) is 23.5 Å². The third-order valence-corrected chi connectivity index (χ3v) is 3.37. The smallest absolute Gasteiger partial charge is 0.135 e. The molecule has 0 aromatic carbocycles. The summed E-state index contributed by atoms with van der Waals surface area (Å²) in [5.74, 6) is 0.964. The van der Waals surface area contributed by atoms with Gasteiger partial charge >= 0.3 is 0 Å². The lowest BCUT2D eigenvalue weighted by molar-refractivity contribution is 0.545. The zero-order valence-electron chi connectivity index (χ0n) is 10.4. The fraction of sp³-hybridized carbons (Fsp3) is 0.538. The standard InChI is InChI=1S/C13H18N2S/c1-5-6-10-9-7-8-16-11(9)15-12(14-10)13(2,3)4/h7-8H,5-6H2,1-4H3. The maximum absolute atomic E-state index is 4.73. The maximum atomic E-state index is 4.73. The second-order valence-corrected chi connectivity index (χ2v) is 6.03. The van der Waals surface area contributed by atoms with Crippen LogP contribution >= 0.6 is 11.3 Å². The predicted molar refractivity (Wildman–Crippen MR) is 70.1 cm³/mol. The van der Waals surface area contributed by atoms with Crippen molar-refractivity contribution in [3.8, 4) is 0 Å². The van der Waals surface area contributed by atoms with Crippen LogP contribution < -0.4 is 0 Å². The molecule has 3 heteroatoms. The Labute approximate surface area is 101 Å². The lowest BCUT2D eigenvalue weighted by Crippen LogP contribution is -2.17. The molecule has 0 saturated heterocycles. The number of aryl methyl sites for hydroxylation is 1. The van der Waals surface area contributed by atoms with Gasteiger partial charge in [-0.05, 0) is 17.9 Å². The third-order valence-electron chi connectivity index (χ3n) is 2.56. The summed E-state index contributed by atoms with van der Waals surface area (Å²) in [5.41, 5.74) is 1.24. The lowest BCUT2D eigenvalue weighted by atomic mass is 9.95. The van der Waals surface area contributed by atoms with E-state index in [0.29, 0.717) is 0 Å². The first-order valence-electron chi connectivity index (χ1n) is 5.77. The van der Waals surface area contributed by atoms with E-state index in [1.807, 2.05) is 0 Å². The highest BCUT2D eigenvalue weighted by molar-refractivity contribution is 7.16. The van der Waals surface area contributed by atoms with E-state index in [1.165, 1.54) is 11.1 Å². The molecule has 0 spiro atoms. The molecule has 0 aliphatic rings. The first-order valence-corrected chi connectivity index (χ1v) is 6.65. The molecular formula is C13H18N2S. The Morgan fingerprint density at radius 2 is 2.00 bits per heavy atom. The van der Waals surface area contributed by atoms with Gasteiger partial charge in [0.25, 0.3) is 0 Å². The van der Waals surface area contributed by atoms with Crippen molar-refractivity contribution in [3.05, 3.63) is 23.0 Å². The molecule has 2 nitrogen and oxygen atoms in total. The number of aromatic nitrogens is 2. The van der Waals surface area contributed by atoms with E-state index in [9.17, 15) is 0 Å². The van der Waals surface area contributed by atoms with Gasteiger partial charge in [-0.3, -0.25) is 0 Å². The topological polar surface area (TPSA) is 25.8 Å². The van der Waals surface area contributed by atoms with Crippen LogP contribution in [0.1, 0.15) is 45.6 Å². The molecule has 0 aliphatic carbocycles. The first-order chi connectivity index (χ1) is 7.52. The number of rotatable bonds is 2. The van der Waals surface area contributed by atoms with Crippen molar-refractivity contribution >= 4 is 21.6 Å². The molecule has 0 bridgehead atoms. The van der Waals surface area contributed by atoms with Crippen LogP contribution in [-0.4, -0.2) is 9.97 Å². The average Bonchev–Trinajstić information content (AvgIpc) is 2.64. The highest BCUT2D eigenvalue weighted by atomic mass is 32.1. The molecule has 86 valence electrons. The number of thiophene rings is 1. The van der Waals surface area contributed by atoms with Gasteiger partial charge in [0.1, 0.15) is 10.7 Å². The summed E-state index contributed by atoms with van der Waals surface area (Å²) in [6.45, 7) is 8.68. The highest BCUT2D eigenvalue weighted by Crippen LogP contribution is 2.26. The molecule has 2 aromatic rings. The molecular weight excluding hydrogens is 216 g/mol. The summed E-state index contributed by atoms with van der Waals surface area (Å²) in [4.78, 5) is 10.5. The van der Waals surface area contributed by atoms with E-state index in [2.05, 4.69) is 44.1 Å². The summed E-state index contributed by atoms with van der Waals surface area (Å²) in [6, 6.07) is 2.14. The van der Waals surface area contributed by atoms with Crippen molar-refractivity contribution in [2.45, 2.75) is 46.0 Å². The van der Waals surface area contributed by atoms with Gasteiger partial charge in [-0.1, -0.05) is 34.1 Å². The predicted octanol–water partition coefficient (Wildman–Crippen LogP) is 3.94. The summed E-state index contributed by atoms with van der Waals surface area (Å²) < 4.78 is 0. The molecule has 2 rings (SSSR count). The number of hydrogen-bond donors (Lipinski definition) is 0. The largest absolute Gasteiger partial charge is 0.237 e. The van der Waals surface area contributed by atoms with E-state index >= 15 is 0 Å². The van der Waals surface area contributed by atoms with Crippen LogP contribution in [-0.2, 0) is 11.8 Å². The van der Waals surface area contributed by atoms with Gasteiger partial charge in [0.15, 0.2) is 0 Å². The van der Waals surface area contributed by atoms with Gasteiger partial charge < -0.3 is 0 Å². The molecule has 0 aliphatic heterocycles. The van der Waals surface area contributed by atoms with Gasteiger partial charge in [0.05, 0.1) is 5.69 Å². The van der Waals surface area contributed by atoms with E-state index in [-0.39, 0.29) is 5.41 Å². The zero-order valence-corrected chi connectivity index (χ0v) is 11.2. The summed E-state index contributed by atoms with van der Waals surface area (Å²) >= 11 is 1.71. The minimum absolute atomic E-state index is 0.0284. The SMILES string of the molecule is CCCc1nc(C(C)(C)C)nc2sccc12. The second kappa shape index (κ2) is 4.13. The maximum Gasteiger partial charge on any atom is 0.135 e. The molecule has 2 aromatic heterocycles. The highest BCUT2D eigenvalue weighted by Gasteiger charge is 2.19. The van der Waals surface area contributed by atoms with Crippen molar-refractivity contribution < 1.29 is 0 Å². The molecule has 0 N–H and O–H groups in total. The van der Waals surface area contributed by atoms with Crippen LogP contribution in [0.15, 0.2) is 11.4 Å². The number of nitrogens with zero attached hydrogens (tertiary/aromatic N) is 2. The molecule has 16 heavy (non-hydrogen) atoms. The monoisotopic (exact) mass is 234 g/mol. The van der Waals surface area contributed by atoms with Crippen LogP contribution in [0.25, 0.3) is 10.2 Å². The summed E-state index contributed by atoms with van der Waals surface area (Å²) in [5, 5.41) is 3.34. The van der Waals surface area contributed by atoms with Crippen LogP contribution in [0.5, 0.6) is 0 Å². The second-order valence-electron chi connectivity index (χ2n) is 5.13. The molecule has 2 heterocycles. The van der Waals surface area contributed by atoms with Crippen LogP contribution in [0.4, 0.5) is 0 Å². The van der Waals surface area contributed by atoms with Crippen molar-refractivity contribution in [3.63, 3.8) is 0 Å². The van der Waals surface area contributed by atoms with Crippen LogP contribution in [0.2, 0.25) is 0 Å². The summed E-state index contributed by atoms with van der Waals surface area (Å²) in [7, 11) is 0. The first kappa shape index (κ1) is 11.5. The Morgan fingerprint density at radius 1 is 1.25 bits per heavy atom. The fourth-order valence-corrected chi connectivity index (χ4v) is 2.46. The molecule has 0 atom stereocenters. The van der Waals surface area contributed by atoms with Crippen LogP contribution in [0, 0.1) is 0 Å². The molecule has 0 radical (unpaired) electrons. The molecule has 0 saturated carbocycles. The Balaban J connectivity index is 2.61. The number of fused-ring (bicyclic) bond motifs is 1. The van der Waals surface area contributed by atoms with Gasteiger partial charge in [-0.15, -0.1) is 11.3 Å². The normalized spacial score (nSPS) is 12.2. The van der Waals surface area contributed by atoms with Gasteiger partial charge in [0.2, 0.25) is 0 Å². The fourth-order valence-electron chi connectivity index (χ4n) is 1.68. The molecule has 0 unspecified atom stereocenters. The van der Waals surface area contributed by atoms with Crippen molar-refractivity contribution in [1.82, 2.24) is 9.97 Å². The van der Waals surface area contributed by atoms with E-state index in [1.54, 1.807) is 11.3 Å². The minimum atomic E-state index is 0.0284. The Bertz CT molecular complexity index is 494. The molecule has 0 fully saturated rings. The third kappa shape index (κ3) is 2.09. The average molecular weight is 234 g/mol. The van der Waals surface area contributed by atoms with E-state index in [4.69, 9.17) is 4.98 Å². The Kier molecular flexibility index (Phi) is 2.98. The quantitative estimate of drug-likeness (QED) is 0.786. The zero-order chi connectivity index (χ0) is 11.8. The minimum Gasteiger partial charge on any atom is -0.237 e. The van der Waals surface area contributed by atoms with Crippen molar-refractivity contribution in [2.24, 2.45) is 0 Å². The Hall–Kier alpha value is -0.960. The summed E-state index contributed by atoms with van der Waals surface area (Å²) in [6.07, 6.45) is 2.17. The van der Waals surface area contributed by atoms with Gasteiger partial charge in [0, 0.05) is 10.8 Å². The van der Waals surface area contributed by atoms with Crippen LogP contribution in [0.3, 0.4) is 0 Å². The van der Waals surface area contributed by atoms with E-state index < -0.39 is 0 Å². The van der Waals surface area contributed by atoms with Crippen molar-refractivity contribution in [2.75, 3.05) is 0 Å². The van der Waals surface area contributed by atoms with Crippen molar-refractivity contribution in [1.29, 1.82) is 0 Å². The van der Waals surface area contributed by atoms with Gasteiger partial charge in [-0.25, -0.2) is 9.97 Å². The lowest BCUT2D eigenvalue weighted by Gasteiger charge is -2.17.